The van der Waals surface area contributed by atoms with E-state index in [1.807, 2.05) is 13.8 Å². The summed E-state index contributed by atoms with van der Waals surface area (Å²) >= 11 is 0. The second-order valence-electron chi connectivity index (χ2n) is 2.48. The molecule has 0 fully saturated rings. The second kappa shape index (κ2) is 6.04. The van der Waals surface area contributed by atoms with Crippen LogP contribution in [0.25, 0.3) is 0 Å². The van der Waals surface area contributed by atoms with Gasteiger partial charge < -0.3 is 9.84 Å². The number of ether oxygens (including phenoxy) is 1. The summed E-state index contributed by atoms with van der Waals surface area (Å²) in [6, 6.07) is 0. The van der Waals surface area contributed by atoms with Gasteiger partial charge in [0.2, 0.25) is 6.08 Å². The Labute approximate surface area is 65.9 Å². The zero-order valence-electron chi connectivity index (χ0n) is 6.78. The first-order valence-corrected chi connectivity index (χ1v) is 3.51. The van der Waals surface area contributed by atoms with Crippen molar-refractivity contribution in [3.63, 3.8) is 0 Å². The SMILES string of the molecule is CC(C)C(O)OCCN=C=O. The van der Waals surface area contributed by atoms with Crippen molar-refractivity contribution in [2.45, 2.75) is 20.1 Å². The molecule has 1 N–H and O–H groups in total. The number of hydrogen-bond donors (Lipinski definition) is 1. The summed E-state index contributed by atoms with van der Waals surface area (Å²) in [6.07, 6.45) is 0.617. The minimum absolute atomic E-state index is 0.0650. The van der Waals surface area contributed by atoms with Crippen LogP contribution in [-0.2, 0) is 9.53 Å². The van der Waals surface area contributed by atoms with Crippen LogP contribution in [-0.4, -0.2) is 30.6 Å². The highest BCUT2D eigenvalue weighted by atomic mass is 16.6. The lowest BCUT2D eigenvalue weighted by molar-refractivity contribution is -0.123. The van der Waals surface area contributed by atoms with Gasteiger partial charge in [-0.3, -0.25) is 0 Å². The molecule has 4 heteroatoms. The van der Waals surface area contributed by atoms with Crippen LogP contribution < -0.4 is 0 Å². The van der Waals surface area contributed by atoms with E-state index in [1.54, 1.807) is 0 Å². The van der Waals surface area contributed by atoms with E-state index in [2.05, 4.69) is 4.99 Å². The zero-order chi connectivity index (χ0) is 8.69. The molecule has 1 unspecified atom stereocenters. The molecule has 0 aliphatic heterocycles. The summed E-state index contributed by atoms with van der Waals surface area (Å²) in [5.74, 6) is 0.0650. The number of nitrogens with zero attached hydrogens (tertiary/aromatic N) is 1. The van der Waals surface area contributed by atoms with Crippen LogP contribution in [0.5, 0.6) is 0 Å². The van der Waals surface area contributed by atoms with E-state index in [0.29, 0.717) is 0 Å². The Bertz CT molecular complexity index is 141. The van der Waals surface area contributed by atoms with Crippen molar-refractivity contribution in [2.24, 2.45) is 10.9 Å². The molecule has 0 radical (unpaired) electrons. The van der Waals surface area contributed by atoms with Crippen LogP contribution in [0.15, 0.2) is 4.99 Å². The number of carbonyl (C=O) groups excluding carboxylic acids is 1. The molecule has 0 rings (SSSR count). The summed E-state index contributed by atoms with van der Waals surface area (Å²) in [7, 11) is 0. The fourth-order valence-corrected chi connectivity index (χ4v) is 0.457. The molecule has 0 aliphatic carbocycles. The average Bonchev–Trinajstić information content (AvgIpc) is 1.97. The van der Waals surface area contributed by atoms with E-state index in [0.717, 1.165) is 0 Å². The molecular formula is C7H13NO3. The van der Waals surface area contributed by atoms with Gasteiger partial charge in [-0.2, -0.15) is 0 Å². The topological polar surface area (TPSA) is 58.9 Å². The molecule has 0 aromatic carbocycles. The standard InChI is InChI=1S/C7H13NO3/c1-6(2)7(10)11-4-3-8-5-9/h6-7,10H,3-4H2,1-2H3. The molecule has 0 aromatic rings. The number of isocyanates is 1. The fraction of sp³-hybridized carbons (Fsp3) is 0.857. The maximum atomic E-state index is 9.57. The van der Waals surface area contributed by atoms with Crippen LogP contribution >= 0.6 is 0 Å². The predicted octanol–water partition coefficient (Wildman–Crippen LogP) is 0.313. The fourth-order valence-electron chi connectivity index (χ4n) is 0.457. The number of aliphatic hydroxyl groups is 1. The molecule has 1 atom stereocenters. The average molecular weight is 159 g/mol. The number of hydrogen-bond acceptors (Lipinski definition) is 4. The molecule has 0 bridgehead atoms. The smallest absolute Gasteiger partial charge is 0.235 e. The van der Waals surface area contributed by atoms with Gasteiger partial charge in [-0.1, -0.05) is 13.8 Å². The van der Waals surface area contributed by atoms with E-state index in [4.69, 9.17) is 9.84 Å². The van der Waals surface area contributed by atoms with Crippen molar-refractivity contribution in [3.8, 4) is 0 Å². The molecule has 64 valence electrons. The van der Waals surface area contributed by atoms with Crippen LogP contribution in [0.3, 0.4) is 0 Å². The molecule has 0 aromatic heterocycles. The zero-order valence-corrected chi connectivity index (χ0v) is 6.78. The summed E-state index contributed by atoms with van der Waals surface area (Å²) in [6.45, 7) is 4.20. The van der Waals surface area contributed by atoms with Gasteiger partial charge in [0.1, 0.15) is 0 Å². The molecule has 0 amide bonds. The van der Waals surface area contributed by atoms with Crippen molar-refractivity contribution < 1.29 is 14.6 Å². The third-order valence-electron chi connectivity index (χ3n) is 1.13. The lowest BCUT2D eigenvalue weighted by Gasteiger charge is -2.13. The molecule has 0 heterocycles. The third-order valence-corrected chi connectivity index (χ3v) is 1.13. The lowest BCUT2D eigenvalue weighted by Crippen LogP contribution is -2.20. The predicted molar refractivity (Wildman–Crippen MR) is 39.8 cm³/mol. The Morgan fingerprint density at radius 3 is 2.73 bits per heavy atom. The quantitative estimate of drug-likeness (QED) is 0.272. The Kier molecular flexibility index (Phi) is 5.65. The number of aliphatic hydroxyl groups excluding tert-OH is 1. The first kappa shape index (κ1) is 10.3. The minimum atomic E-state index is -0.767. The number of rotatable bonds is 5. The van der Waals surface area contributed by atoms with Crippen molar-refractivity contribution in [1.82, 2.24) is 0 Å². The molecule has 11 heavy (non-hydrogen) atoms. The molecule has 0 spiro atoms. The Hall–Kier alpha value is -0.700. The Morgan fingerprint density at radius 1 is 1.64 bits per heavy atom. The molecular weight excluding hydrogens is 146 g/mol. The van der Waals surface area contributed by atoms with Gasteiger partial charge in [0.05, 0.1) is 13.2 Å². The van der Waals surface area contributed by atoms with Crippen LogP contribution in [0.4, 0.5) is 0 Å². The van der Waals surface area contributed by atoms with Crippen LogP contribution in [0.1, 0.15) is 13.8 Å². The highest BCUT2D eigenvalue weighted by Crippen LogP contribution is 2.01. The van der Waals surface area contributed by atoms with Crippen LogP contribution in [0.2, 0.25) is 0 Å². The van der Waals surface area contributed by atoms with Crippen molar-refractivity contribution in [3.05, 3.63) is 0 Å². The monoisotopic (exact) mass is 159 g/mol. The second-order valence-corrected chi connectivity index (χ2v) is 2.48. The first-order chi connectivity index (χ1) is 5.18. The lowest BCUT2D eigenvalue weighted by atomic mass is 10.2. The Morgan fingerprint density at radius 2 is 2.27 bits per heavy atom. The maximum Gasteiger partial charge on any atom is 0.235 e. The van der Waals surface area contributed by atoms with E-state index in [-0.39, 0.29) is 19.1 Å². The van der Waals surface area contributed by atoms with E-state index in [1.165, 1.54) is 6.08 Å². The summed E-state index contributed by atoms with van der Waals surface area (Å²) < 4.78 is 4.89. The van der Waals surface area contributed by atoms with Gasteiger partial charge in [0.25, 0.3) is 0 Å². The van der Waals surface area contributed by atoms with Crippen molar-refractivity contribution in [2.75, 3.05) is 13.2 Å². The summed E-state index contributed by atoms with van der Waals surface area (Å²) in [4.78, 5) is 12.8. The van der Waals surface area contributed by atoms with Crippen molar-refractivity contribution in [1.29, 1.82) is 0 Å². The van der Waals surface area contributed by atoms with Gasteiger partial charge in [0.15, 0.2) is 6.29 Å². The highest BCUT2D eigenvalue weighted by molar-refractivity contribution is 5.32. The molecule has 0 aliphatic rings. The van der Waals surface area contributed by atoms with Gasteiger partial charge in [0, 0.05) is 5.92 Å². The maximum absolute atomic E-state index is 9.57. The van der Waals surface area contributed by atoms with Crippen molar-refractivity contribution >= 4 is 6.08 Å². The normalized spacial score (nSPS) is 12.7. The largest absolute Gasteiger partial charge is 0.368 e. The highest BCUT2D eigenvalue weighted by Gasteiger charge is 2.07. The molecule has 4 nitrogen and oxygen atoms in total. The molecule has 0 saturated carbocycles. The van der Waals surface area contributed by atoms with Gasteiger partial charge in [-0.15, -0.1) is 0 Å². The van der Waals surface area contributed by atoms with Crippen LogP contribution in [0, 0.1) is 5.92 Å². The van der Waals surface area contributed by atoms with E-state index >= 15 is 0 Å². The van der Waals surface area contributed by atoms with Gasteiger partial charge >= 0.3 is 0 Å². The minimum Gasteiger partial charge on any atom is -0.368 e. The van der Waals surface area contributed by atoms with Gasteiger partial charge in [-0.25, -0.2) is 9.79 Å². The molecule has 0 saturated heterocycles. The Balaban J connectivity index is 3.31. The summed E-state index contributed by atoms with van der Waals surface area (Å²) in [5, 5.41) is 9.06. The van der Waals surface area contributed by atoms with Gasteiger partial charge in [-0.05, 0) is 0 Å². The first-order valence-electron chi connectivity index (χ1n) is 3.51. The summed E-state index contributed by atoms with van der Waals surface area (Å²) in [5.41, 5.74) is 0. The number of aliphatic imine (C=N–C) groups is 1. The third kappa shape index (κ3) is 5.73. The van der Waals surface area contributed by atoms with E-state index < -0.39 is 6.29 Å². The van der Waals surface area contributed by atoms with E-state index in [9.17, 15) is 4.79 Å².